The molecule has 0 spiro atoms. The molecule has 2 aliphatic rings. The van der Waals surface area contributed by atoms with Crippen molar-refractivity contribution in [1.82, 2.24) is 14.3 Å². The molecule has 1 fully saturated rings. The first kappa shape index (κ1) is 22.6. The van der Waals surface area contributed by atoms with E-state index in [1.807, 2.05) is 0 Å². The van der Waals surface area contributed by atoms with Crippen molar-refractivity contribution < 1.29 is 22.6 Å². The molecule has 0 aliphatic carbocycles. The Kier molecular flexibility index (Phi) is 6.36. The van der Waals surface area contributed by atoms with Gasteiger partial charge in [0.2, 0.25) is 21.9 Å². The minimum absolute atomic E-state index is 0.140. The maximum Gasteiger partial charge on any atom is 0.243 e. The third kappa shape index (κ3) is 4.56. The van der Waals surface area contributed by atoms with E-state index in [4.69, 9.17) is 24.2 Å². The zero-order valence-electron chi connectivity index (χ0n) is 18.9. The van der Waals surface area contributed by atoms with Crippen molar-refractivity contribution in [1.29, 1.82) is 0 Å². The SMILES string of the molecule is COc1ccc(Oc2nc(N3CCOCC3)nc3c2CN(S(=O)(=O)c2ccccc2)CC3)cc1. The van der Waals surface area contributed by atoms with Crippen LogP contribution in [0.3, 0.4) is 0 Å². The van der Waals surface area contributed by atoms with Gasteiger partial charge in [-0.3, -0.25) is 0 Å². The number of ether oxygens (including phenoxy) is 3. The van der Waals surface area contributed by atoms with Crippen LogP contribution >= 0.6 is 0 Å². The third-order valence-electron chi connectivity index (χ3n) is 5.92. The summed E-state index contributed by atoms with van der Waals surface area (Å²) in [5.41, 5.74) is 1.48. The molecule has 3 aromatic rings. The Balaban J connectivity index is 1.51. The van der Waals surface area contributed by atoms with Gasteiger partial charge in [-0.1, -0.05) is 18.2 Å². The second-order valence-corrected chi connectivity index (χ2v) is 9.97. The number of benzene rings is 2. The quantitative estimate of drug-likeness (QED) is 0.530. The van der Waals surface area contributed by atoms with Crippen LogP contribution in [0, 0.1) is 0 Å². The molecule has 3 heterocycles. The van der Waals surface area contributed by atoms with Crippen molar-refractivity contribution in [2.75, 3.05) is 44.9 Å². The van der Waals surface area contributed by atoms with E-state index in [1.165, 1.54) is 4.31 Å². The molecule has 0 amide bonds. The molecule has 1 saturated heterocycles. The predicted molar refractivity (Wildman–Crippen MR) is 126 cm³/mol. The molecule has 1 aromatic heterocycles. The second kappa shape index (κ2) is 9.57. The molecule has 2 aliphatic heterocycles. The van der Waals surface area contributed by atoms with E-state index in [-0.39, 0.29) is 11.4 Å². The van der Waals surface area contributed by atoms with Gasteiger partial charge >= 0.3 is 0 Å². The standard InChI is InChI=1S/C24H26N4O5S/c1-31-18-7-9-19(10-8-18)33-23-21-17-28(34(29,30)20-5-3-2-4-6-20)12-11-22(21)25-24(26-23)27-13-15-32-16-14-27/h2-10H,11-17H2,1H3. The molecule has 0 N–H and O–H groups in total. The smallest absolute Gasteiger partial charge is 0.243 e. The van der Waals surface area contributed by atoms with Crippen molar-refractivity contribution in [2.24, 2.45) is 0 Å². The summed E-state index contributed by atoms with van der Waals surface area (Å²) in [6, 6.07) is 15.7. The number of anilines is 1. The summed E-state index contributed by atoms with van der Waals surface area (Å²) >= 11 is 0. The Morgan fingerprint density at radius 1 is 0.912 bits per heavy atom. The van der Waals surface area contributed by atoms with E-state index >= 15 is 0 Å². The van der Waals surface area contributed by atoms with Gasteiger partial charge in [-0.15, -0.1) is 0 Å². The molecule has 9 nitrogen and oxygen atoms in total. The molecule has 0 atom stereocenters. The maximum absolute atomic E-state index is 13.3. The van der Waals surface area contributed by atoms with Gasteiger partial charge in [0.15, 0.2) is 0 Å². The topological polar surface area (TPSA) is 94.1 Å². The first-order valence-corrected chi connectivity index (χ1v) is 12.6. The van der Waals surface area contributed by atoms with Crippen LogP contribution in [-0.2, 0) is 27.7 Å². The summed E-state index contributed by atoms with van der Waals surface area (Å²) in [6.07, 6.45) is 0.472. The molecule has 2 aromatic carbocycles. The molecular weight excluding hydrogens is 456 g/mol. The summed E-state index contributed by atoms with van der Waals surface area (Å²) < 4.78 is 44.9. The van der Waals surface area contributed by atoms with Gasteiger partial charge in [0.1, 0.15) is 11.5 Å². The van der Waals surface area contributed by atoms with Crippen LogP contribution in [-0.4, -0.2) is 62.6 Å². The third-order valence-corrected chi connectivity index (χ3v) is 7.78. The number of hydrogen-bond acceptors (Lipinski definition) is 8. The first-order chi connectivity index (χ1) is 16.5. The van der Waals surface area contributed by atoms with Crippen LogP contribution in [0.4, 0.5) is 5.95 Å². The van der Waals surface area contributed by atoms with Gasteiger partial charge < -0.3 is 19.1 Å². The molecule has 5 rings (SSSR count). The van der Waals surface area contributed by atoms with Gasteiger partial charge in [0.25, 0.3) is 0 Å². The monoisotopic (exact) mass is 482 g/mol. The van der Waals surface area contributed by atoms with E-state index in [0.717, 1.165) is 5.69 Å². The normalized spacial score (nSPS) is 16.7. The average molecular weight is 483 g/mol. The molecule has 0 saturated carbocycles. The van der Waals surface area contributed by atoms with Gasteiger partial charge in [-0.2, -0.15) is 9.29 Å². The fraction of sp³-hybridized carbons (Fsp3) is 0.333. The van der Waals surface area contributed by atoms with Crippen molar-refractivity contribution in [2.45, 2.75) is 17.9 Å². The van der Waals surface area contributed by atoms with Crippen LogP contribution in [0.25, 0.3) is 0 Å². The van der Waals surface area contributed by atoms with Crippen LogP contribution in [0.2, 0.25) is 0 Å². The largest absolute Gasteiger partial charge is 0.497 e. The average Bonchev–Trinajstić information content (AvgIpc) is 2.90. The maximum atomic E-state index is 13.3. The number of fused-ring (bicyclic) bond motifs is 1. The zero-order valence-corrected chi connectivity index (χ0v) is 19.7. The van der Waals surface area contributed by atoms with Gasteiger partial charge in [0, 0.05) is 32.6 Å². The van der Waals surface area contributed by atoms with Crippen molar-refractivity contribution in [3.63, 3.8) is 0 Å². The lowest BCUT2D eigenvalue weighted by Gasteiger charge is -2.31. The number of morpholine rings is 1. The lowest BCUT2D eigenvalue weighted by atomic mass is 10.1. The Hall–Kier alpha value is -3.21. The Bertz CT molecular complexity index is 1250. The highest BCUT2D eigenvalue weighted by atomic mass is 32.2. The van der Waals surface area contributed by atoms with Crippen molar-refractivity contribution >= 4 is 16.0 Å². The van der Waals surface area contributed by atoms with Crippen LogP contribution < -0.4 is 14.4 Å². The molecule has 178 valence electrons. The van der Waals surface area contributed by atoms with Gasteiger partial charge in [-0.05, 0) is 36.4 Å². The summed E-state index contributed by atoms with van der Waals surface area (Å²) in [6.45, 7) is 3.08. The van der Waals surface area contributed by atoms with Crippen LogP contribution in [0.5, 0.6) is 17.4 Å². The number of hydrogen-bond donors (Lipinski definition) is 0. The van der Waals surface area contributed by atoms with Crippen LogP contribution in [0.15, 0.2) is 59.5 Å². The highest BCUT2D eigenvalue weighted by Crippen LogP contribution is 2.34. The lowest BCUT2D eigenvalue weighted by Crippen LogP contribution is -2.39. The summed E-state index contributed by atoms with van der Waals surface area (Å²) in [5.74, 6) is 2.23. The molecule has 0 unspecified atom stereocenters. The van der Waals surface area contributed by atoms with E-state index in [1.54, 1.807) is 61.7 Å². The number of sulfonamides is 1. The number of aromatic nitrogens is 2. The molecule has 0 bridgehead atoms. The van der Waals surface area contributed by atoms with Gasteiger partial charge in [0.05, 0.1) is 36.5 Å². The molecule has 0 radical (unpaired) electrons. The Labute approximate surface area is 199 Å². The molecular formula is C24H26N4O5S. The van der Waals surface area contributed by atoms with E-state index < -0.39 is 10.0 Å². The number of rotatable bonds is 6. The Morgan fingerprint density at radius 3 is 2.32 bits per heavy atom. The number of methoxy groups -OCH3 is 1. The Morgan fingerprint density at radius 2 is 1.62 bits per heavy atom. The van der Waals surface area contributed by atoms with E-state index in [9.17, 15) is 8.42 Å². The predicted octanol–water partition coefficient (Wildman–Crippen LogP) is 2.86. The highest BCUT2D eigenvalue weighted by Gasteiger charge is 2.32. The summed E-state index contributed by atoms with van der Waals surface area (Å²) in [5, 5.41) is 0. The lowest BCUT2D eigenvalue weighted by molar-refractivity contribution is 0.122. The molecule has 34 heavy (non-hydrogen) atoms. The highest BCUT2D eigenvalue weighted by molar-refractivity contribution is 7.89. The van der Waals surface area contributed by atoms with Crippen molar-refractivity contribution in [3.05, 3.63) is 65.9 Å². The number of nitrogens with zero attached hydrogens (tertiary/aromatic N) is 4. The van der Waals surface area contributed by atoms with E-state index in [2.05, 4.69) is 4.90 Å². The van der Waals surface area contributed by atoms with Crippen molar-refractivity contribution in [3.8, 4) is 17.4 Å². The zero-order chi connectivity index (χ0) is 23.5. The second-order valence-electron chi connectivity index (χ2n) is 8.03. The molecule has 10 heteroatoms. The minimum Gasteiger partial charge on any atom is -0.497 e. The fourth-order valence-corrected chi connectivity index (χ4v) is 5.47. The fourth-order valence-electron chi connectivity index (χ4n) is 4.04. The summed E-state index contributed by atoms with van der Waals surface area (Å²) in [7, 11) is -2.05. The first-order valence-electron chi connectivity index (χ1n) is 11.1. The minimum atomic E-state index is -3.66. The van der Waals surface area contributed by atoms with Crippen LogP contribution in [0.1, 0.15) is 11.3 Å². The van der Waals surface area contributed by atoms with E-state index in [0.29, 0.717) is 68.2 Å². The summed E-state index contributed by atoms with van der Waals surface area (Å²) in [4.78, 5) is 11.8. The van der Waals surface area contributed by atoms with Gasteiger partial charge in [-0.25, -0.2) is 13.4 Å².